The number of amides is 2. The van der Waals surface area contributed by atoms with Gasteiger partial charge in [0.2, 0.25) is 11.8 Å². The van der Waals surface area contributed by atoms with Crippen molar-refractivity contribution in [2.24, 2.45) is 0 Å². The molecule has 8 nitrogen and oxygen atoms in total. The molecule has 0 spiro atoms. The number of hydrogen-bond acceptors (Lipinski definition) is 5. The molecule has 9 heteroatoms. The molecule has 0 saturated heterocycles. The van der Waals surface area contributed by atoms with Gasteiger partial charge in [0.05, 0.1) is 17.7 Å². The van der Waals surface area contributed by atoms with E-state index in [2.05, 4.69) is 5.32 Å². The number of benzene rings is 3. The smallest absolute Gasteiger partial charge is 0.264 e. The number of aryl methyl sites for hydroxylation is 2. The first-order chi connectivity index (χ1) is 19.0. The Bertz CT molecular complexity index is 1400. The van der Waals surface area contributed by atoms with Crippen LogP contribution in [0.25, 0.3) is 0 Å². The van der Waals surface area contributed by atoms with Crippen LogP contribution in [-0.2, 0) is 26.2 Å². The molecule has 0 saturated carbocycles. The quantitative estimate of drug-likeness (QED) is 0.339. The predicted octanol–water partition coefficient (Wildman–Crippen LogP) is 4.84. The number of para-hydroxylation sites is 2. The zero-order valence-electron chi connectivity index (χ0n) is 24.0. The molecule has 0 aliphatic carbocycles. The number of carbonyl (C=O) groups is 2. The van der Waals surface area contributed by atoms with Crippen LogP contribution in [0.5, 0.6) is 5.75 Å². The molecule has 0 heterocycles. The molecule has 3 aromatic rings. The summed E-state index contributed by atoms with van der Waals surface area (Å²) in [5.41, 5.74) is 3.04. The molecule has 0 bridgehead atoms. The SMILES string of the molecule is CCC(C(=O)NC(C)C)N(Cc1ccc(C)cc1)C(=O)CN(c1ccccc1OC)S(=O)(=O)c1ccc(C)cc1. The molecule has 2 amide bonds. The third-order valence-electron chi connectivity index (χ3n) is 6.53. The zero-order chi connectivity index (χ0) is 29.4. The van der Waals surface area contributed by atoms with Gasteiger partial charge in [-0.1, -0.05) is 66.6 Å². The van der Waals surface area contributed by atoms with E-state index in [1.54, 1.807) is 36.4 Å². The highest BCUT2D eigenvalue weighted by Gasteiger charge is 2.34. The van der Waals surface area contributed by atoms with Gasteiger partial charge in [-0.3, -0.25) is 13.9 Å². The van der Waals surface area contributed by atoms with Gasteiger partial charge in [-0.15, -0.1) is 0 Å². The van der Waals surface area contributed by atoms with E-state index in [0.29, 0.717) is 12.2 Å². The molecule has 40 heavy (non-hydrogen) atoms. The van der Waals surface area contributed by atoms with E-state index in [4.69, 9.17) is 4.74 Å². The van der Waals surface area contributed by atoms with Crippen LogP contribution in [0.3, 0.4) is 0 Å². The van der Waals surface area contributed by atoms with Gasteiger partial charge in [-0.25, -0.2) is 8.42 Å². The van der Waals surface area contributed by atoms with Crippen molar-refractivity contribution in [1.82, 2.24) is 10.2 Å². The van der Waals surface area contributed by atoms with Crippen molar-refractivity contribution >= 4 is 27.5 Å². The first kappa shape index (κ1) is 30.7. The van der Waals surface area contributed by atoms with Crippen LogP contribution in [-0.4, -0.2) is 50.9 Å². The predicted molar refractivity (Wildman–Crippen MR) is 158 cm³/mol. The fraction of sp³-hybridized carbons (Fsp3) is 0.355. The highest BCUT2D eigenvalue weighted by Crippen LogP contribution is 2.32. The van der Waals surface area contributed by atoms with Gasteiger partial charge in [0.25, 0.3) is 10.0 Å². The Morgan fingerprint density at radius 3 is 2.02 bits per heavy atom. The van der Waals surface area contributed by atoms with Gasteiger partial charge in [0.1, 0.15) is 18.3 Å². The molecule has 0 aromatic heterocycles. The van der Waals surface area contributed by atoms with Gasteiger partial charge in [-0.05, 0) is 63.9 Å². The van der Waals surface area contributed by atoms with E-state index in [9.17, 15) is 18.0 Å². The number of rotatable bonds is 12. The minimum Gasteiger partial charge on any atom is -0.495 e. The van der Waals surface area contributed by atoms with Crippen LogP contribution >= 0.6 is 0 Å². The first-order valence-corrected chi connectivity index (χ1v) is 14.8. The standard InChI is InChI=1S/C31H39N3O5S/c1-7-27(31(36)32-22(2)3)33(20-25-16-12-23(4)13-17-25)30(35)21-34(28-10-8-9-11-29(28)39-6)40(37,38)26-18-14-24(5)15-19-26/h8-19,22,27H,7,20-21H2,1-6H3,(H,32,36). The summed E-state index contributed by atoms with van der Waals surface area (Å²) in [4.78, 5) is 28.9. The third kappa shape index (κ3) is 7.41. The number of methoxy groups -OCH3 is 1. The lowest BCUT2D eigenvalue weighted by Crippen LogP contribution is -2.53. The van der Waals surface area contributed by atoms with Crippen molar-refractivity contribution < 1.29 is 22.7 Å². The lowest BCUT2D eigenvalue weighted by atomic mass is 10.1. The largest absolute Gasteiger partial charge is 0.495 e. The van der Waals surface area contributed by atoms with Crippen LogP contribution in [0.2, 0.25) is 0 Å². The third-order valence-corrected chi connectivity index (χ3v) is 8.31. The first-order valence-electron chi connectivity index (χ1n) is 13.4. The Morgan fingerprint density at radius 2 is 1.48 bits per heavy atom. The summed E-state index contributed by atoms with van der Waals surface area (Å²) in [5.74, 6) is -0.489. The molecule has 3 aromatic carbocycles. The molecule has 1 N–H and O–H groups in total. The summed E-state index contributed by atoms with van der Waals surface area (Å²) < 4.78 is 34.6. The fourth-order valence-electron chi connectivity index (χ4n) is 4.38. The Hall–Kier alpha value is -3.85. The minimum atomic E-state index is -4.18. The highest BCUT2D eigenvalue weighted by molar-refractivity contribution is 7.92. The second kappa shape index (κ2) is 13.5. The Balaban J connectivity index is 2.09. The molecule has 0 fully saturated rings. The maximum atomic E-state index is 14.1. The Morgan fingerprint density at radius 1 is 0.900 bits per heavy atom. The fourth-order valence-corrected chi connectivity index (χ4v) is 5.80. The second-order valence-corrected chi connectivity index (χ2v) is 12.0. The van der Waals surface area contributed by atoms with Crippen molar-refractivity contribution in [2.75, 3.05) is 18.0 Å². The van der Waals surface area contributed by atoms with E-state index < -0.39 is 28.5 Å². The van der Waals surface area contributed by atoms with E-state index >= 15 is 0 Å². The summed E-state index contributed by atoms with van der Waals surface area (Å²) >= 11 is 0. The number of nitrogens with one attached hydrogen (secondary N) is 1. The van der Waals surface area contributed by atoms with Crippen LogP contribution in [0.4, 0.5) is 5.69 Å². The topological polar surface area (TPSA) is 96.0 Å². The number of sulfonamides is 1. The van der Waals surface area contributed by atoms with Crippen LogP contribution in [0.1, 0.15) is 43.9 Å². The molecule has 1 unspecified atom stereocenters. The van der Waals surface area contributed by atoms with Crippen LogP contribution in [0.15, 0.2) is 77.7 Å². The maximum Gasteiger partial charge on any atom is 0.264 e. The van der Waals surface area contributed by atoms with Crippen molar-refractivity contribution in [3.8, 4) is 5.75 Å². The lowest BCUT2D eigenvalue weighted by Gasteiger charge is -2.34. The highest BCUT2D eigenvalue weighted by atomic mass is 32.2. The maximum absolute atomic E-state index is 14.1. The van der Waals surface area contributed by atoms with Gasteiger partial charge >= 0.3 is 0 Å². The molecule has 0 aliphatic rings. The van der Waals surface area contributed by atoms with Crippen molar-refractivity contribution in [2.45, 2.75) is 64.6 Å². The zero-order valence-corrected chi connectivity index (χ0v) is 24.9. The number of carbonyl (C=O) groups excluding carboxylic acids is 2. The summed E-state index contributed by atoms with van der Waals surface area (Å²) in [5, 5.41) is 2.90. The molecule has 0 aliphatic heterocycles. The molecule has 1 atom stereocenters. The monoisotopic (exact) mass is 565 g/mol. The van der Waals surface area contributed by atoms with Gasteiger partial charge in [0, 0.05) is 12.6 Å². The molecule has 3 rings (SSSR count). The molecule has 214 valence electrons. The van der Waals surface area contributed by atoms with Crippen molar-refractivity contribution in [1.29, 1.82) is 0 Å². The summed E-state index contributed by atoms with van der Waals surface area (Å²) in [6, 6.07) is 19.9. The van der Waals surface area contributed by atoms with Crippen LogP contribution < -0.4 is 14.4 Å². The normalized spacial score (nSPS) is 12.1. The summed E-state index contributed by atoms with van der Waals surface area (Å²) in [7, 11) is -2.73. The number of hydrogen-bond donors (Lipinski definition) is 1. The van der Waals surface area contributed by atoms with E-state index in [1.807, 2.05) is 58.9 Å². The van der Waals surface area contributed by atoms with E-state index in [-0.39, 0.29) is 29.1 Å². The minimum absolute atomic E-state index is 0.0477. The second-order valence-electron chi connectivity index (χ2n) is 10.1. The lowest BCUT2D eigenvalue weighted by molar-refractivity contribution is -0.140. The number of anilines is 1. The Kier molecular flexibility index (Phi) is 10.3. The molecule has 0 radical (unpaired) electrons. The average Bonchev–Trinajstić information content (AvgIpc) is 2.92. The molecular formula is C31H39N3O5S. The van der Waals surface area contributed by atoms with Gasteiger partial charge < -0.3 is 15.0 Å². The molecular weight excluding hydrogens is 526 g/mol. The Labute approximate surface area is 238 Å². The van der Waals surface area contributed by atoms with Gasteiger partial charge in [0.15, 0.2) is 0 Å². The summed E-state index contributed by atoms with van der Waals surface area (Å²) in [6.45, 7) is 9.01. The number of ether oxygens (including phenoxy) is 1. The van der Waals surface area contributed by atoms with E-state index in [1.165, 1.54) is 24.1 Å². The van der Waals surface area contributed by atoms with Crippen molar-refractivity contribution in [3.05, 3.63) is 89.5 Å². The average molecular weight is 566 g/mol. The van der Waals surface area contributed by atoms with E-state index in [0.717, 1.165) is 21.0 Å². The number of nitrogens with zero attached hydrogens (tertiary/aromatic N) is 2. The summed E-state index contributed by atoms with van der Waals surface area (Å²) in [6.07, 6.45) is 0.357. The van der Waals surface area contributed by atoms with Gasteiger partial charge in [-0.2, -0.15) is 0 Å². The van der Waals surface area contributed by atoms with Crippen molar-refractivity contribution in [3.63, 3.8) is 0 Å². The van der Waals surface area contributed by atoms with Crippen LogP contribution in [0, 0.1) is 13.8 Å².